The van der Waals surface area contributed by atoms with E-state index in [1.165, 1.54) is 38.2 Å². The van der Waals surface area contributed by atoms with Gasteiger partial charge in [0.25, 0.3) is 0 Å². The molecule has 13 rings (SSSR count). The van der Waals surface area contributed by atoms with E-state index in [4.69, 9.17) is 8.83 Å². The van der Waals surface area contributed by atoms with Crippen molar-refractivity contribution in [1.82, 2.24) is 9.13 Å². The van der Waals surface area contributed by atoms with Crippen LogP contribution < -0.4 is 0 Å². The minimum atomic E-state index is 0.877. The van der Waals surface area contributed by atoms with Crippen molar-refractivity contribution in [3.8, 4) is 33.6 Å². The molecule has 0 aliphatic carbocycles. The highest BCUT2D eigenvalue weighted by atomic mass is 16.3. The number of hydrogen-bond acceptors (Lipinski definition) is 2. The van der Waals surface area contributed by atoms with Crippen molar-refractivity contribution in [2.45, 2.75) is 0 Å². The number of para-hydroxylation sites is 4. The molecule has 4 aromatic heterocycles. The van der Waals surface area contributed by atoms with Crippen LogP contribution in [0, 0.1) is 0 Å². The van der Waals surface area contributed by atoms with Gasteiger partial charge in [0, 0.05) is 48.8 Å². The molecule has 0 aliphatic rings. The largest absolute Gasteiger partial charge is 0.456 e. The van der Waals surface area contributed by atoms with E-state index in [9.17, 15) is 0 Å². The Kier molecular flexibility index (Phi) is 6.41. The first-order valence-electron chi connectivity index (χ1n) is 19.8. The number of nitrogens with zero attached hydrogens (tertiary/aromatic N) is 2. The Labute approximate surface area is 332 Å². The Bertz CT molecular complexity index is 3780. The Morgan fingerprint density at radius 2 is 0.897 bits per heavy atom. The third-order valence-electron chi connectivity index (χ3n) is 12.1. The predicted octanol–water partition coefficient (Wildman–Crippen LogP) is 15.0. The molecule has 4 heterocycles. The Morgan fingerprint density at radius 3 is 1.74 bits per heavy atom. The third-order valence-corrected chi connectivity index (χ3v) is 12.1. The SMILES string of the molecule is c1ccc(-c2ccc(-n3c4ccccc4c4c5c6cc(-c7cccc8oc9ccccc9c78)ccc6n(-c6cccc7c6oc6ccccc67)c5ccc43)cc2)cc1. The molecule has 270 valence electrons. The summed E-state index contributed by atoms with van der Waals surface area (Å²) in [6.07, 6.45) is 0. The molecule has 0 saturated heterocycles. The fraction of sp³-hybridized carbons (Fsp3) is 0. The first-order valence-corrected chi connectivity index (χ1v) is 19.8. The smallest absolute Gasteiger partial charge is 0.159 e. The molecular weight excluding hydrogens is 709 g/mol. The van der Waals surface area contributed by atoms with Gasteiger partial charge in [0.1, 0.15) is 16.7 Å². The predicted molar refractivity (Wildman–Crippen MR) is 241 cm³/mol. The van der Waals surface area contributed by atoms with E-state index in [1.54, 1.807) is 0 Å². The molecule has 0 aliphatic heterocycles. The van der Waals surface area contributed by atoms with Crippen molar-refractivity contribution in [3.05, 3.63) is 194 Å². The van der Waals surface area contributed by atoms with Crippen LogP contribution in [0.4, 0.5) is 0 Å². The molecule has 0 atom stereocenters. The van der Waals surface area contributed by atoms with Gasteiger partial charge in [-0.15, -0.1) is 0 Å². The van der Waals surface area contributed by atoms with Crippen LogP contribution in [0.2, 0.25) is 0 Å². The van der Waals surface area contributed by atoms with E-state index in [0.29, 0.717) is 0 Å². The zero-order valence-corrected chi connectivity index (χ0v) is 31.2. The molecule has 0 bridgehead atoms. The standard InChI is InChI=1S/C54H32N2O2/c1-2-12-33(13-3-1)34-24-27-36(28-25-34)55-43-19-7-4-15-40(43)52-45(55)30-31-46-53(52)42-32-35(37-17-11-23-50-51(37)41-16-6-9-22-49(41)57-50)26-29-44(42)56(46)47-20-10-18-39-38-14-5-8-21-48(38)58-54(39)47/h1-32H. The number of fused-ring (bicyclic) bond motifs is 13. The van der Waals surface area contributed by atoms with Gasteiger partial charge < -0.3 is 18.0 Å². The highest BCUT2D eigenvalue weighted by Gasteiger charge is 2.23. The van der Waals surface area contributed by atoms with E-state index >= 15 is 0 Å². The maximum atomic E-state index is 6.70. The van der Waals surface area contributed by atoms with E-state index in [-0.39, 0.29) is 0 Å². The van der Waals surface area contributed by atoms with Gasteiger partial charge in [-0.1, -0.05) is 127 Å². The van der Waals surface area contributed by atoms with Crippen LogP contribution in [0.25, 0.3) is 121 Å². The summed E-state index contributed by atoms with van der Waals surface area (Å²) < 4.78 is 17.9. The van der Waals surface area contributed by atoms with Crippen molar-refractivity contribution in [2.24, 2.45) is 0 Å². The number of rotatable bonds is 4. The summed E-state index contributed by atoms with van der Waals surface area (Å²) in [6.45, 7) is 0. The van der Waals surface area contributed by atoms with E-state index in [1.807, 2.05) is 12.1 Å². The highest BCUT2D eigenvalue weighted by molar-refractivity contribution is 6.30. The molecule has 0 radical (unpaired) electrons. The lowest BCUT2D eigenvalue weighted by Crippen LogP contribution is -1.95. The second kappa shape index (κ2) is 11.8. The van der Waals surface area contributed by atoms with Gasteiger partial charge in [0.2, 0.25) is 0 Å². The highest BCUT2D eigenvalue weighted by Crippen LogP contribution is 2.46. The van der Waals surface area contributed by atoms with Gasteiger partial charge in [0.15, 0.2) is 5.58 Å². The summed E-state index contributed by atoms with van der Waals surface area (Å²) in [5.74, 6) is 0. The summed E-state index contributed by atoms with van der Waals surface area (Å²) in [7, 11) is 0. The second-order valence-corrected chi connectivity index (χ2v) is 15.2. The van der Waals surface area contributed by atoms with Crippen molar-refractivity contribution in [2.75, 3.05) is 0 Å². The zero-order valence-electron chi connectivity index (χ0n) is 31.2. The lowest BCUT2D eigenvalue weighted by atomic mass is 9.97. The fourth-order valence-electron chi connectivity index (χ4n) is 9.63. The van der Waals surface area contributed by atoms with Crippen molar-refractivity contribution in [1.29, 1.82) is 0 Å². The van der Waals surface area contributed by atoms with Crippen LogP contribution in [0.1, 0.15) is 0 Å². The molecule has 4 nitrogen and oxygen atoms in total. The monoisotopic (exact) mass is 740 g/mol. The van der Waals surface area contributed by atoms with Gasteiger partial charge in [-0.2, -0.15) is 0 Å². The Morgan fingerprint density at radius 1 is 0.310 bits per heavy atom. The first-order chi connectivity index (χ1) is 28.8. The molecule has 9 aromatic carbocycles. The number of hydrogen-bond donors (Lipinski definition) is 0. The number of aromatic nitrogens is 2. The minimum absolute atomic E-state index is 0.877. The molecule has 0 amide bonds. The van der Waals surface area contributed by atoms with Crippen LogP contribution in [0.3, 0.4) is 0 Å². The molecule has 0 fully saturated rings. The van der Waals surface area contributed by atoms with Crippen LogP contribution in [-0.4, -0.2) is 9.13 Å². The van der Waals surface area contributed by atoms with Gasteiger partial charge in [-0.3, -0.25) is 0 Å². The summed E-state index contributed by atoms with van der Waals surface area (Å²) in [6, 6.07) is 69.5. The van der Waals surface area contributed by atoms with Crippen molar-refractivity contribution >= 4 is 87.5 Å². The fourth-order valence-corrected chi connectivity index (χ4v) is 9.63. The van der Waals surface area contributed by atoms with E-state index in [2.05, 4.69) is 191 Å². The minimum Gasteiger partial charge on any atom is -0.456 e. The molecule has 4 heteroatoms. The first kappa shape index (κ1) is 31.4. The molecule has 0 N–H and O–H groups in total. The molecule has 58 heavy (non-hydrogen) atoms. The zero-order chi connectivity index (χ0) is 37.9. The average Bonchev–Trinajstić information content (AvgIpc) is 4.04. The number of furan rings is 2. The van der Waals surface area contributed by atoms with E-state index in [0.717, 1.165) is 82.9 Å². The number of benzene rings is 9. The lowest BCUT2D eigenvalue weighted by molar-refractivity contribution is 0.666. The lowest BCUT2D eigenvalue weighted by Gasteiger charge is -2.10. The average molecular weight is 741 g/mol. The quantitative estimate of drug-likeness (QED) is 0.180. The Hall–Kier alpha value is -7.82. The topological polar surface area (TPSA) is 36.1 Å². The molecule has 0 saturated carbocycles. The Balaban J connectivity index is 1.15. The maximum absolute atomic E-state index is 6.70. The van der Waals surface area contributed by atoms with Gasteiger partial charge >= 0.3 is 0 Å². The second-order valence-electron chi connectivity index (χ2n) is 15.2. The van der Waals surface area contributed by atoms with Crippen LogP contribution >= 0.6 is 0 Å². The van der Waals surface area contributed by atoms with Crippen LogP contribution in [-0.2, 0) is 0 Å². The van der Waals surface area contributed by atoms with Gasteiger partial charge in [-0.25, -0.2) is 0 Å². The summed E-state index contributed by atoms with van der Waals surface area (Å²) in [5.41, 5.74) is 15.0. The molecule has 0 spiro atoms. The maximum Gasteiger partial charge on any atom is 0.159 e. The van der Waals surface area contributed by atoms with Crippen LogP contribution in [0.15, 0.2) is 203 Å². The van der Waals surface area contributed by atoms with Gasteiger partial charge in [-0.05, 0) is 89.0 Å². The summed E-state index contributed by atoms with van der Waals surface area (Å²) in [5, 5.41) is 9.31. The molecular formula is C54H32N2O2. The van der Waals surface area contributed by atoms with Crippen molar-refractivity contribution in [3.63, 3.8) is 0 Å². The molecule has 0 unspecified atom stereocenters. The third kappa shape index (κ3) is 4.34. The van der Waals surface area contributed by atoms with Gasteiger partial charge in [0.05, 0.1) is 27.8 Å². The summed E-state index contributed by atoms with van der Waals surface area (Å²) in [4.78, 5) is 0. The normalized spacial score (nSPS) is 12.1. The van der Waals surface area contributed by atoms with Crippen LogP contribution in [0.5, 0.6) is 0 Å². The molecule has 13 aromatic rings. The van der Waals surface area contributed by atoms with E-state index < -0.39 is 0 Å². The van der Waals surface area contributed by atoms with Crippen molar-refractivity contribution < 1.29 is 8.83 Å². The summed E-state index contributed by atoms with van der Waals surface area (Å²) >= 11 is 0.